The maximum Gasteiger partial charge on any atom is 0.124 e. The summed E-state index contributed by atoms with van der Waals surface area (Å²) in [4.78, 5) is 10.2. The number of aryl methyl sites for hydroxylation is 1. The molecule has 0 amide bonds. The Morgan fingerprint density at radius 1 is 0.659 bits per heavy atom. The van der Waals surface area contributed by atoms with Crippen molar-refractivity contribution >= 4 is 32.8 Å². The molecule has 0 unspecified atom stereocenters. The van der Waals surface area contributed by atoms with Gasteiger partial charge in [-0.05, 0) is 48.9 Å². The molecule has 2 aromatic heterocycles. The second-order valence-electron chi connectivity index (χ2n) is 11.1. The number of ether oxygens (including phenoxy) is 1. The average Bonchev–Trinajstić information content (AvgIpc) is 3.52. The lowest BCUT2D eigenvalue weighted by Crippen LogP contribution is -2.45. The number of fused-ring (bicyclic) bond motifs is 4. The molecule has 0 atom stereocenters. The zero-order valence-electron chi connectivity index (χ0n) is 24.0. The molecular weight excluding hydrogens is 506 g/mol. The van der Waals surface area contributed by atoms with E-state index in [9.17, 15) is 0 Å². The Morgan fingerprint density at radius 3 is 2.15 bits per heavy atom. The van der Waals surface area contributed by atoms with Crippen LogP contribution in [0, 0.1) is 0 Å². The molecule has 1 fully saturated rings. The van der Waals surface area contributed by atoms with E-state index in [4.69, 9.17) is 9.72 Å². The van der Waals surface area contributed by atoms with Crippen LogP contribution in [0.15, 0.2) is 91.0 Å². The summed E-state index contributed by atoms with van der Waals surface area (Å²) in [6.07, 6.45) is 0. The summed E-state index contributed by atoms with van der Waals surface area (Å²) < 4.78 is 10.4. The molecule has 0 N–H and O–H groups in total. The van der Waals surface area contributed by atoms with Crippen LogP contribution in [0.25, 0.3) is 32.8 Å². The van der Waals surface area contributed by atoms with Crippen molar-refractivity contribution in [1.29, 1.82) is 0 Å². The van der Waals surface area contributed by atoms with Gasteiger partial charge < -0.3 is 13.9 Å². The summed E-state index contributed by atoms with van der Waals surface area (Å²) in [5.41, 5.74) is 7.44. The number of piperazine rings is 1. The van der Waals surface area contributed by atoms with E-state index >= 15 is 0 Å². The third kappa shape index (κ3) is 4.88. The number of rotatable bonds is 8. The Balaban J connectivity index is 1.06. The van der Waals surface area contributed by atoms with Crippen LogP contribution in [0.3, 0.4) is 0 Å². The van der Waals surface area contributed by atoms with Crippen LogP contribution in [-0.2, 0) is 26.2 Å². The Kier molecular flexibility index (Phi) is 6.95. The smallest absolute Gasteiger partial charge is 0.124 e. The van der Waals surface area contributed by atoms with Crippen LogP contribution in [-0.4, -0.2) is 57.2 Å². The van der Waals surface area contributed by atoms with Crippen molar-refractivity contribution < 1.29 is 4.74 Å². The van der Waals surface area contributed by atoms with Crippen molar-refractivity contribution in [3.63, 3.8) is 0 Å². The second kappa shape index (κ2) is 11.0. The molecule has 4 aromatic carbocycles. The van der Waals surface area contributed by atoms with Crippen molar-refractivity contribution in [2.24, 2.45) is 0 Å². The molecule has 7 rings (SSSR count). The summed E-state index contributed by atoms with van der Waals surface area (Å²) in [5.74, 6) is 2.03. The standard InChI is InChI=1S/C35H37N5O/c1-3-39-31-13-7-5-11-28(31)29-22-26(16-17-32(29)39)23-37-18-20-38(21-19-37)25-35-36-30-12-6-8-14-33(30)40(35)24-27-10-4-9-15-34(27)41-2/h4-17,22H,3,18-21,23-25H2,1-2H3. The monoisotopic (exact) mass is 543 g/mol. The number of benzene rings is 4. The summed E-state index contributed by atoms with van der Waals surface area (Å²) in [5, 5.41) is 2.72. The number of hydrogen-bond donors (Lipinski definition) is 0. The zero-order chi connectivity index (χ0) is 27.8. The molecule has 208 valence electrons. The Morgan fingerprint density at radius 2 is 1.34 bits per heavy atom. The first-order chi connectivity index (χ1) is 20.2. The van der Waals surface area contributed by atoms with Gasteiger partial charge in [0.15, 0.2) is 0 Å². The number of para-hydroxylation sites is 4. The maximum atomic E-state index is 5.66. The molecule has 41 heavy (non-hydrogen) atoms. The minimum absolute atomic E-state index is 0.747. The van der Waals surface area contributed by atoms with Crippen LogP contribution in [0.5, 0.6) is 5.75 Å². The fraction of sp³-hybridized carbons (Fsp3) is 0.286. The van der Waals surface area contributed by atoms with Crippen molar-refractivity contribution in [1.82, 2.24) is 23.9 Å². The van der Waals surface area contributed by atoms with Crippen molar-refractivity contribution in [3.8, 4) is 5.75 Å². The molecule has 0 radical (unpaired) electrons. The Labute approximate surface area is 241 Å². The van der Waals surface area contributed by atoms with Gasteiger partial charge in [-0.15, -0.1) is 0 Å². The van der Waals surface area contributed by atoms with Crippen LogP contribution < -0.4 is 4.74 Å². The molecule has 1 aliphatic rings. The fourth-order valence-electron chi connectivity index (χ4n) is 6.53. The molecule has 1 saturated heterocycles. The average molecular weight is 544 g/mol. The third-order valence-electron chi connectivity index (χ3n) is 8.64. The third-order valence-corrected chi connectivity index (χ3v) is 8.64. The van der Waals surface area contributed by atoms with Crippen molar-refractivity contribution in [2.45, 2.75) is 33.1 Å². The van der Waals surface area contributed by atoms with Gasteiger partial charge in [0.25, 0.3) is 0 Å². The highest BCUT2D eigenvalue weighted by Gasteiger charge is 2.21. The highest BCUT2D eigenvalue weighted by molar-refractivity contribution is 6.08. The van der Waals surface area contributed by atoms with E-state index in [1.165, 1.54) is 38.4 Å². The minimum Gasteiger partial charge on any atom is -0.496 e. The van der Waals surface area contributed by atoms with Gasteiger partial charge in [-0.1, -0.05) is 54.6 Å². The second-order valence-corrected chi connectivity index (χ2v) is 11.1. The highest BCUT2D eigenvalue weighted by Crippen LogP contribution is 2.30. The first kappa shape index (κ1) is 25.8. The predicted molar refractivity (Wildman–Crippen MR) is 168 cm³/mol. The molecule has 6 heteroatoms. The number of nitrogens with zero attached hydrogens (tertiary/aromatic N) is 5. The van der Waals surface area contributed by atoms with E-state index in [1.807, 2.05) is 12.1 Å². The molecular formula is C35H37N5O. The lowest BCUT2D eigenvalue weighted by molar-refractivity contribution is 0.119. The maximum absolute atomic E-state index is 5.66. The fourth-order valence-corrected chi connectivity index (χ4v) is 6.53. The van der Waals surface area contributed by atoms with Crippen LogP contribution in [0.2, 0.25) is 0 Å². The molecule has 6 aromatic rings. The van der Waals surface area contributed by atoms with Crippen molar-refractivity contribution in [3.05, 3.63) is 108 Å². The number of hydrogen-bond acceptors (Lipinski definition) is 4. The Hall–Kier alpha value is -4.13. The van der Waals surface area contributed by atoms with Gasteiger partial charge in [0.2, 0.25) is 0 Å². The first-order valence-corrected chi connectivity index (χ1v) is 14.7. The lowest BCUT2D eigenvalue weighted by atomic mass is 10.1. The normalized spacial score (nSPS) is 14.9. The largest absolute Gasteiger partial charge is 0.496 e. The molecule has 0 saturated carbocycles. The van der Waals surface area contributed by atoms with E-state index in [-0.39, 0.29) is 0 Å². The van der Waals surface area contributed by atoms with Gasteiger partial charge >= 0.3 is 0 Å². The molecule has 6 nitrogen and oxygen atoms in total. The van der Waals surface area contributed by atoms with Gasteiger partial charge in [-0.2, -0.15) is 0 Å². The summed E-state index contributed by atoms with van der Waals surface area (Å²) in [7, 11) is 1.74. The first-order valence-electron chi connectivity index (χ1n) is 14.7. The van der Waals surface area contributed by atoms with Gasteiger partial charge in [0.05, 0.1) is 31.2 Å². The van der Waals surface area contributed by atoms with E-state index in [0.717, 1.165) is 69.4 Å². The SMILES string of the molecule is CCn1c2ccccc2c2cc(CN3CCN(Cc4nc5ccccc5n4Cc4ccccc4OC)CC3)ccc21. The van der Waals surface area contributed by atoms with Crippen LogP contribution >= 0.6 is 0 Å². The molecule has 1 aliphatic heterocycles. The highest BCUT2D eigenvalue weighted by atomic mass is 16.5. The van der Waals surface area contributed by atoms with Gasteiger partial charge in [0, 0.05) is 66.6 Å². The Bertz CT molecular complexity index is 1830. The quantitative estimate of drug-likeness (QED) is 0.219. The molecule has 0 bridgehead atoms. The summed E-state index contributed by atoms with van der Waals surface area (Å²) >= 11 is 0. The topological polar surface area (TPSA) is 38.5 Å². The van der Waals surface area contributed by atoms with Crippen molar-refractivity contribution in [2.75, 3.05) is 33.3 Å². The van der Waals surface area contributed by atoms with Crippen LogP contribution in [0.4, 0.5) is 0 Å². The zero-order valence-corrected chi connectivity index (χ0v) is 24.0. The van der Waals surface area contributed by atoms with E-state index < -0.39 is 0 Å². The van der Waals surface area contributed by atoms with E-state index in [0.29, 0.717) is 0 Å². The minimum atomic E-state index is 0.747. The van der Waals surface area contributed by atoms with Gasteiger partial charge in [-0.25, -0.2) is 4.98 Å². The predicted octanol–water partition coefficient (Wildman–Crippen LogP) is 6.54. The van der Waals surface area contributed by atoms with Gasteiger partial charge in [0.1, 0.15) is 11.6 Å². The number of imidazole rings is 1. The number of aromatic nitrogens is 3. The number of methoxy groups -OCH3 is 1. The van der Waals surface area contributed by atoms with Crippen LogP contribution in [0.1, 0.15) is 23.9 Å². The molecule has 0 spiro atoms. The molecule has 3 heterocycles. The van der Waals surface area contributed by atoms with Gasteiger partial charge in [-0.3, -0.25) is 9.80 Å². The lowest BCUT2D eigenvalue weighted by Gasteiger charge is -2.34. The molecule has 0 aliphatic carbocycles. The summed E-state index contributed by atoms with van der Waals surface area (Å²) in [6.45, 7) is 9.98. The van der Waals surface area contributed by atoms with E-state index in [2.05, 4.69) is 105 Å². The van der Waals surface area contributed by atoms with E-state index in [1.54, 1.807) is 7.11 Å². The summed E-state index contributed by atoms with van der Waals surface area (Å²) in [6, 6.07) is 32.6.